The molecule has 0 aliphatic rings. The molecule has 0 aliphatic carbocycles. The molecule has 1 aromatic carbocycles. The van der Waals surface area contributed by atoms with Crippen molar-refractivity contribution in [2.45, 2.75) is 73.1 Å². The Morgan fingerprint density at radius 2 is 1.97 bits per heavy atom. The van der Waals surface area contributed by atoms with Crippen LogP contribution in [0.15, 0.2) is 34.7 Å². The van der Waals surface area contributed by atoms with Gasteiger partial charge in [0.2, 0.25) is 5.89 Å². The van der Waals surface area contributed by atoms with Crippen molar-refractivity contribution in [2.75, 3.05) is 6.54 Å². The topological polar surface area (TPSA) is 85.8 Å². The summed E-state index contributed by atoms with van der Waals surface area (Å²) in [5, 5.41) is 15.9. The molecule has 1 amide bonds. The fraction of sp³-hybridized carbons (Fsp3) is 0.538. The molecule has 33 heavy (non-hydrogen) atoms. The van der Waals surface area contributed by atoms with Gasteiger partial charge in [0.15, 0.2) is 0 Å². The molecule has 0 saturated heterocycles. The van der Waals surface area contributed by atoms with E-state index < -0.39 is 0 Å². The normalized spacial score (nSPS) is 12.3. The Bertz CT molecular complexity index is 1040. The van der Waals surface area contributed by atoms with E-state index in [9.17, 15) is 4.79 Å². The van der Waals surface area contributed by atoms with Crippen LogP contribution in [0.3, 0.4) is 0 Å². The second-order valence-electron chi connectivity index (χ2n) is 9.17. The molecule has 0 aliphatic heterocycles. The first-order valence-corrected chi connectivity index (χ1v) is 12.2. The number of benzene rings is 1. The van der Waals surface area contributed by atoms with Crippen LogP contribution < -0.4 is 5.32 Å². The molecular formula is C26H37N5O2. The zero-order valence-electron chi connectivity index (χ0n) is 20.6. The van der Waals surface area contributed by atoms with E-state index >= 15 is 0 Å². The molecule has 178 valence electrons. The number of carbonyl (C=O) groups is 1. The van der Waals surface area contributed by atoms with Crippen LogP contribution in [0.4, 0.5) is 0 Å². The molecule has 2 heterocycles. The fourth-order valence-electron chi connectivity index (χ4n) is 3.82. The summed E-state index contributed by atoms with van der Waals surface area (Å²) in [6.45, 7) is 11.3. The van der Waals surface area contributed by atoms with Crippen LogP contribution in [0.1, 0.15) is 81.7 Å². The number of aryl methyl sites for hydroxylation is 2. The SMILES string of the molecule is CCCC[C@H](CC)CNC(=O)c1cccc(-n2nc(-c3nnc(C)o3)cc2CCC(C)C)c1. The highest BCUT2D eigenvalue weighted by atomic mass is 16.4. The highest BCUT2D eigenvalue weighted by Gasteiger charge is 2.17. The standard InChI is InChI=1S/C26H37N5O2/c1-6-8-10-20(7-2)17-27-25(32)21-11-9-12-22(15-21)31-23(14-13-18(3)4)16-24(30-31)26-29-28-19(5)33-26/h9,11-12,15-16,18,20H,6-8,10,13-14,17H2,1-5H3,(H,27,32)/t20-/m0/s1. The highest BCUT2D eigenvalue weighted by molar-refractivity contribution is 5.94. The predicted molar refractivity (Wildman–Crippen MR) is 130 cm³/mol. The summed E-state index contributed by atoms with van der Waals surface area (Å²) in [4.78, 5) is 12.9. The lowest BCUT2D eigenvalue weighted by atomic mass is 9.99. The van der Waals surface area contributed by atoms with Gasteiger partial charge in [-0.05, 0) is 55.4 Å². The summed E-state index contributed by atoms with van der Waals surface area (Å²) < 4.78 is 7.48. The molecule has 1 atom stereocenters. The van der Waals surface area contributed by atoms with Crippen LogP contribution in [0.25, 0.3) is 17.3 Å². The highest BCUT2D eigenvalue weighted by Crippen LogP contribution is 2.23. The van der Waals surface area contributed by atoms with Gasteiger partial charge in [0.05, 0.1) is 5.69 Å². The Balaban J connectivity index is 1.82. The van der Waals surface area contributed by atoms with Crippen molar-refractivity contribution in [3.63, 3.8) is 0 Å². The molecule has 2 aromatic heterocycles. The molecule has 0 bridgehead atoms. The van der Waals surface area contributed by atoms with Crippen LogP contribution >= 0.6 is 0 Å². The van der Waals surface area contributed by atoms with Crippen LogP contribution in [0.5, 0.6) is 0 Å². The lowest BCUT2D eigenvalue weighted by molar-refractivity contribution is 0.0945. The van der Waals surface area contributed by atoms with Crippen LogP contribution in [0, 0.1) is 18.8 Å². The van der Waals surface area contributed by atoms with Gasteiger partial charge in [0, 0.05) is 24.7 Å². The molecule has 7 heteroatoms. The zero-order chi connectivity index (χ0) is 23.8. The maximum atomic E-state index is 12.9. The third-order valence-electron chi connectivity index (χ3n) is 5.95. The van der Waals surface area contributed by atoms with Gasteiger partial charge in [-0.25, -0.2) is 4.68 Å². The van der Waals surface area contributed by atoms with E-state index in [1.807, 2.05) is 35.0 Å². The van der Waals surface area contributed by atoms with Crippen LogP contribution in [-0.2, 0) is 6.42 Å². The zero-order valence-corrected chi connectivity index (χ0v) is 20.6. The monoisotopic (exact) mass is 451 g/mol. The van der Waals surface area contributed by atoms with Gasteiger partial charge in [-0.1, -0.05) is 53.0 Å². The molecular weight excluding hydrogens is 414 g/mol. The van der Waals surface area contributed by atoms with Gasteiger partial charge < -0.3 is 9.73 Å². The quantitative estimate of drug-likeness (QED) is 0.378. The third-order valence-corrected chi connectivity index (χ3v) is 5.95. The van der Waals surface area contributed by atoms with Gasteiger partial charge in [0.1, 0.15) is 5.69 Å². The number of nitrogens with one attached hydrogen (secondary N) is 1. The van der Waals surface area contributed by atoms with E-state index in [-0.39, 0.29) is 5.91 Å². The maximum Gasteiger partial charge on any atom is 0.268 e. The first kappa shape index (κ1) is 24.7. The van der Waals surface area contributed by atoms with Gasteiger partial charge in [-0.2, -0.15) is 5.10 Å². The summed E-state index contributed by atoms with van der Waals surface area (Å²) in [6, 6.07) is 9.63. The van der Waals surface area contributed by atoms with Crippen molar-refractivity contribution in [3.8, 4) is 17.3 Å². The number of aromatic nitrogens is 4. The Kier molecular flexibility index (Phi) is 8.80. The Labute approximate surface area is 197 Å². The van der Waals surface area contributed by atoms with E-state index in [1.165, 1.54) is 12.8 Å². The fourth-order valence-corrected chi connectivity index (χ4v) is 3.82. The van der Waals surface area contributed by atoms with Gasteiger partial charge in [-0.15, -0.1) is 10.2 Å². The molecule has 7 nitrogen and oxygen atoms in total. The average Bonchev–Trinajstić information content (AvgIpc) is 3.44. The summed E-state index contributed by atoms with van der Waals surface area (Å²) >= 11 is 0. The lowest BCUT2D eigenvalue weighted by Gasteiger charge is -2.15. The molecule has 0 spiro atoms. The number of amides is 1. The van der Waals surface area contributed by atoms with E-state index in [0.717, 1.165) is 37.1 Å². The van der Waals surface area contributed by atoms with Gasteiger partial charge in [-0.3, -0.25) is 4.79 Å². The van der Waals surface area contributed by atoms with Crippen molar-refractivity contribution in [3.05, 3.63) is 47.5 Å². The van der Waals surface area contributed by atoms with Gasteiger partial charge in [0.25, 0.3) is 11.8 Å². The first-order chi connectivity index (χ1) is 15.9. The van der Waals surface area contributed by atoms with Crippen LogP contribution in [-0.4, -0.2) is 32.4 Å². The van der Waals surface area contributed by atoms with Crippen molar-refractivity contribution in [1.82, 2.24) is 25.3 Å². The Hall–Kier alpha value is -2.96. The molecule has 0 saturated carbocycles. The molecule has 3 rings (SSSR count). The van der Waals surface area contributed by atoms with Crippen molar-refractivity contribution >= 4 is 5.91 Å². The summed E-state index contributed by atoms with van der Waals surface area (Å²) in [5.41, 5.74) is 3.18. The summed E-state index contributed by atoms with van der Waals surface area (Å²) in [6.07, 6.45) is 6.50. The van der Waals surface area contributed by atoms with E-state index in [1.54, 1.807) is 6.92 Å². The van der Waals surface area contributed by atoms with Crippen molar-refractivity contribution < 1.29 is 9.21 Å². The second kappa shape index (κ2) is 11.8. The largest absolute Gasteiger partial charge is 0.420 e. The number of hydrogen-bond acceptors (Lipinski definition) is 5. The maximum absolute atomic E-state index is 12.9. The van der Waals surface area contributed by atoms with Crippen molar-refractivity contribution in [2.24, 2.45) is 11.8 Å². The Morgan fingerprint density at radius 3 is 2.64 bits per heavy atom. The number of hydrogen-bond donors (Lipinski definition) is 1. The summed E-state index contributed by atoms with van der Waals surface area (Å²) in [7, 11) is 0. The Morgan fingerprint density at radius 1 is 1.15 bits per heavy atom. The predicted octanol–water partition coefficient (Wildman–Crippen LogP) is 5.77. The molecule has 1 N–H and O–H groups in total. The lowest BCUT2D eigenvalue weighted by Crippen LogP contribution is -2.29. The van der Waals surface area contributed by atoms with E-state index in [4.69, 9.17) is 9.52 Å². The van der Waals surface area contributed by atoms with Gasteiger partial charge >= 0.3 is 0 Å². The molecule has 3 aromatic rings. The minimum Gasteiger partial charge on any atom is -0.420 e. The minimum absolute atomic E-state index is 0.0459. The van der Waals surface area contributed by atoms with E-state index in [2.05, 4.69) is 43.2 Å². The summed E-state index contributed by atoms with van der Waals surface area (Å²) in [5.74, 6) is 1.95. The average molecular weight is 452 g/mol. The second-order valence-corrected chi connectivity index (χ2v) is 9.17. The molecule has 0 unspecified atom stereocenters. The number of rotatable bonds is 12. The smallest absolute Gasteiger partial charge is 0.268 e. The number of carbonyl (C=O) groups excluding carboxylic acids is 1. The van der Waals surface area contributed by atoms with E-state index in [0.29, 0.717) is 41.4 Å². The first-order valence-electron chi connectivity index (χ1n) is 12.2. The number of unbranched alkanes of at least 4 members (excludes halogenated alkanes) is 1. The van der Waals surface area contributed by atoms with Crippen LogP contribution in [0.2, 0.25) is 0 Å². The third kappa shape index (κ3) is 6.76. The minimum atomic E-state index is -0.0459. The number of nitrogens with zero attached hydrogens (tertiary/aromatic N) is 4. The molecule has 0 radical (unpaired) electrons. The molecule has 0 fully saturated rings. The van der Waals surface area contributed by atoms with Crippen molar-refractivity contribution in [1.29, 1.82) is 0 Å².